The minimum Gasteiger partial charge on any atom is -0.300 e. The number of fused-ring (bicyclic) bond motifs is 1. The molecule has 24 heavy (non-hydrogen) atoms. The van der Waals surface area contributed by atoms with Crippen LogP contribution in [0.15, 0.2) is 29.2 Å². The van der Waals surface area contributed by atoms with Crippen molar-refractivity contribution in [2.45, 2.75) is 52.2 Å². The van der Waals surface area contributed by atoms with E-state index in [1.165, 1.54) is 18.7 Å². The van der Waals surface area contributed by atoms with Gasteiger partial charge in [0.2, 0.25) is 0 Å². The molecule has 3 nitrogen and oxygen atoms in total. The summed E-state index contributed by atoms with van der Waals surface area (Å²) in [4.78, 5) is 38.0. The van der Waals surface area contributed by atoms with Crippen molar-refractivity contribution < 1.29 is 14.4 Å². The van der Waals surface area contributed by atoms with Gasteiger partial charge in [-0.1, -0.05) is 52.0 Å². The minimum absolute atomic E-state index is 0.00433. The van der Waals surface area contributed by atoms with Crippen LogP contribution in [0.1, 0.15) is 58.1 Å². The predicted octanol–water partition coefficient (Wildman–Crippen LogP) is 4.41. The summed E-state index contributed by atoms with van der Waals surface area (Å²) in [5.74, 6) is -0.751. The van der Waals surface area contributed by atoms with Crippen molar-refractivity contribution in [2.75, 3.05) is 0 Å². The first-order valence-electron chi connectivity index (χ1n) is 8.32. The standard InChI is InChI=1S/C20H24O3S/c1-11(2)18(22)20(24-12(3)4)17-15-9-7-6-8-14(15)16(19(17)23)10-13(5)21/h6-9,11-12,16H,10H2,1-5H3/b20-17-. The van der Waals surface area contributed by atoms with Crippen molar-refractivity contribution in [2.24, 2.45) is 5.92 Å². The van der Waals surface area contributed by atoms with E-state index < -0.39 is 5.92 Å². The first kappa shape index (κ1) is 18.7. The summed E-state index contributed by atoms with van der Waals surface area (Å²) in [5.41, 5.74) is 2.19. The summed E-state index contributed by atoms with van der Waals surface area (Å²) in [6.45, 7) is 9.22. The number of allylic oxidation sites excluding steroid dienone is 2. The highest BCUT2D eigenvalue weighted by atomic mass is 32.2. The lowest BCUT2D eigenvalue weighted by Gasteiger charge is -2.15. The molecule has 128 valence electrons. The Balaban J connectivity index is 2.67. The molecule has 4 heteroatoms. The van der Waals surface area contributed by atoms with E-state index in [0.29, 0.717) is 10.5 Å². The van der Waals surface area contributed by atoms with Crippen LogP contribution < -0.4 is 0 Å². The number of ketones is 3. The van der Waals surface area contributed by atoms with Crippen LogP contribution in [0.25, 0.3) is 5.57 Å². The van der Waals surface area contributed by atoms with Crippen LogP contribution >= 0.6 is 11.8 Å². The van der Waals surface area contributed by atoms with Crippen LogP contribution in [0.5, 0.6) is 0 Å². The molecular formula is C20H24O3S. The molecular weight excluding hydrogens is 320 g/mol. The molecule has 0 aromatic heterocycles. The van der Waals surface area contributed by atoms with E-state index in [1.54, 1.807) is 0 Å². The fourth-order valence-electron chi connectivity index (χ4n) is 2.94. The smallest absolute Gasteiger partial charge is 0.172 e. The Bertz CT molecular complexity index is 713. The van der Waals surface area contributed by atoms with Gasteiger partial charge in [-0.3, -0.25) is 14.4 Å². The van der Waals surface area contributed by atoms with E-state index in [2.05, 4.69) is 0 Å². The molecule has 0 N–H and O–H groups in total. The second-order valence-electron chi connectivity index (χ2n) is 6.80. The lowest BCUT2D eigenvalue weighted by molar-refractivity contribution is -0.121. The monoisotopic (exact) mass is 344 g/mol. The summed E-state index contributed by atoms with van der Waals surface area (Å²) >= 11 is 1.45. The average molecular weight is 344 g/mol. The molecule has 0 saturated carbocycles. The molecule has 2 rings (SSSR count). The van der Waals surface area contributed by atoms with Crippen molar-refractivity contribution in [3.8, 4) is 0 Å². The number of hydrogen-bond donors (Lipinski definition) is 0. The van der Waals surface area contributed by atoms with Gasteiger partial charge in [0.25, 0.3) is 0 Å². The van der Waals surface area contributed by atoms with Crippen LogP contribution in [0.3, 0.4) is 0 Å². The van der Waals surface area contributed by atoms with Gasteiger partial charge in [0.1, 0.15) is 5.78 Å². The fourth-order valence-corrected chi connectivity index (χ4v) is 4.09. The largest absolute Gasteiger partial charge is 0.300 e. The zero-order valence-electron chi connectivity index (χ0n) is 14.9. The third-order valence-electron chi connectivity index (χ3n) is 3.99. The summed E-state index contributed by atoms with van der Waals surface area (Å²) in [6.07, 6.45) is 0.189. The number of rotatable bonds is 6. The Morgan fingerprint density at radius 2 is 1.75 bits per heavy atom. The quantitative estimate of drug-likeness (QED) is 0.717. The summed E-state index contributed by atoms with van der Waals surface area (Å²) < 4.78 is 0. The van der Waals surface area contributed by atoms with Gasteiger partial charge in [-0.15, -0.1) is 11.8 Å². The van der Waals surface area contributed by atoms with Crippen LogP contribution in [-0.4, -0.2) is 22.6 Å². The molecule has 0 spiro atoms. The highest BCUT2D eigenvalue weighted by Crippen LogP contribution is 2.45. The van der Waals surface area contributed by atoms with Crippen molar-refractivity contribution in [3.05, 3.63) is 40.3 Å². The normalized spacial score (nSPS) is 19.0. The highest BCUT2D eigenvalue weighted by molar-refractivity contribution is 8.04. The Morgan fingerprint density at radius 1 is 1.12 bits per heavy atom. The first-order chi connectivity index (χ1) is 11.2. The Kier molecular flexibility index (Phi) is 5.81. The maximum atomic E-state index is 13.1. The maximum absolute atomic E-state index is 13.1. The van der Waals surface area contributed by atoms with Crippen LogP contribution in [-0.2, 0) is 14.4 Å². The lowest BCUT2D eigenvalue weighted by Crippen LogP contribution is -2.15. The van der Waals surface area contributed by atoms with Gasteiger partial charge in [0.15, 0.2) is 11.6 Å². The van der Waals surface area contributed by atoms with Gasteiger partial charge in [-0.05, 0) is 18.1 Å². The molecule has 0 radical (unpaired) electrons. The van der Waals surface area contributed by atoms with Gasteiger partial charge in [-0.2, -0.15) is 0 Å². The second-order valence-corrected chi connectivity index (χ2v) is 8.39. The third-order valence-corrected chi connectivity index (χ3v) is 5.10. The Labute approximate surface area is 147 Å². The zero-order valence-corrected chi connectivity index (χ0v) is 15.7. The molecule has 1 aliphatic carbocycles. The number of carbonyl (C=O) groups excluding carboxylic acids is 3. The van der Waals surface area contributed by atoms with Gasteiger partial charge in [-0.25, -0.2) is 0 Å². The van der Waals surface area contributed by atoms with Gasteiger partial charge < -0.3 is 0 Å². The SMILES string of the molecule is CC(=O)CC1C(=O)/C(=C(\SC(C)C)C(=O)C(C)C)c2ccccc21. The van der Waals surface area contributed by atoms with E-state index in [1.807, 2.05) is 52.0 Å². The molecule has 0 saturated heterocycles. The number of thioether (sulfide) groups is 1. The number of carbonyl (C=O) groups is 3. The summed E-state index contributed by atoms with van der Waals surface area (Å²) in [6, 6.07) is 7.53. The molecule has 0 bridgehead atoms. The molecule has 1 aromatic rings. The van der Waals surface area contributed by atoms with E-state index in [9.17, 15) is 14.4 Å². The summed E-state index contributed by atoms with van der Waals surface area (Å²) in [5, 5.41) is 0.196. The number of Topliss-reactive ketones (excluding diaryl/α,β-unsaturated/α-hetero) is 3. The van der Waals surface area contributed by atoms with Crippen molar-refractivity contribution in [1.29, 1.82) is 0 Å². The minimum atomic E-state index is -0.462. The molecule has 0 fully saturated rings. The second kappa shape index (κ2) is 7.47. The Hall–Kier alpha value is -1.68. The van der Waals surface area contributed by atoms with E-state index in [4.69, 9.17) is 0 Å². The van der Waals surface area contributed by atoms with E-state index in [0.717, 1.165) is 11.1 Å². The molecule has 0 heterocycles. The molecule has 1 unspecified atom stereocenters. The summed E-state index contributed by atoms with van der Waals surface area (Å²) in [7, 11) is 0. The number of benzene rings is 1. The molecule has 1 atom stereocenters. The van der Waals surface area contributed by atoms with E-state index in [-0.39, 0.29) is 34.9 Å². The fraction of sp³-hybridized carbons (Fsp3) is 0.450. The molecule has 0 amide bonds. The van der Waals surface area contributed by atoms with Crippen LogP contribution in [0.2, 0.25) is 0 Å². The third kappa shape index (κ3) is 3.69. The van der Waals surface area contributed by atoms with E-state index >= 15 is 0 Å². The lowest BCUT2D eigenvalue weighted by atomic mass is 9.95. The van der Waals surface area contributed by atoms with Crippen molar-refractivity contribution in [3.63, 3.8) is 0 Å². The first-order valence-corrected chi connectivity index (χ1v) is 9.20. The molecule has 1 aromatic carbocycles. The van der Waals surface area contributed by atoms with Crippen molar-refractivity contribution in [1.82, 2.24) is 0 Å². The topological polar surface area (TPSA) is 51.2 Å². The Morgan fingerprint density at radius 3 is 2.29 bits per heavy atom. The van der Waals surface area contributed by atoms with Crippen LogP contribution in [0, 0.1) is 5.92 Å². The molecule has 0 aliphatic heterocycles. The van der Waals surface area contributed by atoms with Crippen LogP contribution in [0.4, 0.5) is 0 Å². The predicted molar refractivity (Wildman–Crippen MR) is 99.0 cm³/mol. The average Bonchev–Trinajstić information content (AvgIpc) is 2.76. The van der Waals surface area contributed by atoms with Gasteiger partial charge in [0, 0.05) is 23.2 Å². The van der Waals surface area contributed by atoms with Crippen molar-refractivity contribution >= 4 is 34.7 Å². The molecule has 1 aliphatic rings. The maximum Gasteiger partial charge on any atom is 0.172 e. The zero-order chi connectivity index (χ0) is 18.0. The van der Waals surface area contributed by atoms with Gasteiger partial charge >= 0.3 is 0 Å². The highest BCUT2D eigenvalue weighted by Gasteiger charge is 2.39. The van der Waals surface area contributed by atoms with Gasteiger partial charge in [0.05, 0.1) is 10.8 Å². The number of hydrogen-bond acceptors (Lipinski definition) is 4.